The van der Waals surface area contributed by atoms with Crippen molar-refractivity contribution in [1.29, 1.82) is 0 Å². The Hall–Kier alpha value is -0.220. The van der Waals surface area contributed by atoms with Crippen molar-refractivity contribution in [2.75, 3.05) is 26.4 Å². The fourth-order valence-electron chi connectivity index (χ4n) is 1.95. The van der Waals surface area contributed by atoms with E-state index in [2.05, 4.69) is 0 Å². The highest BCUT2D eigenvalue weighted by Gasteiger charge is 2.29. The molecule has 0 radical (unpaired) electrons. The lowest BCUT2D eigenvalue weighted by Crippen LogP contribution is -2.32. The fourth-order valence-corrected chi connectivity index (χ4v) is 3.74. The first kappa shape index (κ1) is 13.2. The van der Waals surface area contributed by atoms with Crippen molar-refractivity contribution in [3.05, 3.63) is 27.7 Å². The molecule has 1 aliphatic heterocycles. The summed E-state index contributed by atoms with van der Waals surface area (Å²) >= 11 is 13.7. The van der Waals surface area contributed by atoms with Crippen molar-refractivity contribution < 1.29 is 4.79 Å². The van der Waals surface area contributed by atoms with Crippen LogP contribution in [-0.2, 0) is 0 Å². The molecule has 1 aromatic rings. The SMILES string of the molecule is CN(C)CC1CSc2c(Cl)cc(Cl)cc2C1=O. The molecule has 17 heavy (non-hydrogen) atoms. The van der Waals surface area contributed by atoms with E-state index in [4.69, 9.17) is 23.2 Å². The molecule has 5 heteroatoms. The van der Waals surface area contributed by atoms with Gasteiger partial charge in [0, 0.05) is 33.7 Å². The summed E-state index contributed by atoms with van der Waals surface area (Å²) in [6.07, 6.45) is 0. The second-order valence-corrected chi connectivity index (χ2v) is 6.27. The maximum Gasteiger partial charge on any atom is 0.169 e. The summed E-state index contributed by atoms with van der Waals surface area (Å²) in [5, 5.41) is 1.10. The van der Waals surface area contributed by atoms with Crippen molar-refractivity contribution >= 4 is 40.7 Å². The zero-order valence-corrected chi connectivity index (χ0v) is 12.0. The van der Waals surface area contributed by atoms with Crippen LogP contribution in [0.3, 0.4) is 0 Å². The Labute approximate surface area is 115 Å². The number of hydrogen-bond acceptors (Lipinski definition) is 3. The summed E-state index contributed by atoms with van der Waals surface area (Å²) in [5.41, 5.74) is 0.672. The predicted molar refractivity (Wildman–Crippen MR) is 73.6 cm³/mol. The summed E-state index contributed by atoms with van der Waals surface area (Å²) in [7, 11) is 3.94. The standard InChI is InChI=1S/C12H13Cl2NOS/c1-15(2)5-7-6-17-12-9(11(7)16)3-8(13)4-10(12)14/h3-4,7H,5-6H2,1-2H3. The van der Waals surface area contributed by atoms with Gasteiger partial charge in [0.05, 0.1) is 5.02 Å². The van der Waals surface area contributed by atoms with E-state index in [0.29, 0.717) is 15.6 Å². The number of ketones is 1. The molecule has 0 aromatic heterocycles. The van der Waals surface area contributed by atoms with Crippen LogP contribution in [0.1, 0.15) is 10.4 Å². The molecule has 2 nitrogen and oxygen atoms in total. The zero-order chi connectivity index (χ0) is 12.6. The minimum atomic E-state index is 0.0250. The first-order chi connectivity index (χ1) is 7.99. The molecule has 1 atom stereocenters. The van der Waals surface area contributed by atoms with Crippen LogP contribution < -0.4 is 0 Å². The molecule has 0 aliphatic carbocycles. The van der Waals surface area contributed by atoms with Crippen LogP contribution in [0.2, 0.25) is 10.0 Å². The van der Waals surface area contributed by atoms with E-state index in [-0.39, 0.29) is 11.7 Å². The first-order valence-electron chi connectivity index (χ1n) is 5.30. The number of hydrogen-bond donors (Lipinski definition) is 0. The van der Waals surface area contributed by atoms with Crippen LogP contribution in [0, 0.1) is 5.92 Å². The predicted octanol–water partition coefficient (Wildman–Crippen LogP) is 3.46. The van der Waals surface area contributed by atoms with Gasteiger partial charge in [0.1, 0.15) is 0 Å². The number of fused-ring (bicyclic) bond motifs is 1. The van der Waals surface area contributed by atoms with E-state index in [1.165, 1.54) is 0 Å². The number of nitrogens with zero attached hydrogens (tertiary/aromatic N) is 1. The van der Waals surface area contributed by atoms with Crippen molar-refractivity contribution in [1.82, 2.24) is 4.90 Å². The van der Waals surface area contributed by atoms with Crippen LogP contribution in [-0.4, -0.2) is 37.1 Å². The summed E-state index contributed by atoms with van der Waals surface area (Å²) in [6, 6.07) is 3.41. The zero-order valence-electron chi connectivity index (χ0n) is 9.67. The summed E-state index contributed by atoms with van der Waals surface area (Å²) in [5.74, 6) is 0.958. The normalized spacial score (nSPS) is 19.6. The van der Waals surface area contributed by atoms with Gasteiger partial charge in [-0.25, -0.2) is 0 Å². The molecule has 1 aliphatic rings. The largest absolute Gasteiger partial charge is 0.309 e. The molecule has 1 aromatic carbocycles. The van der Waals surface area contributed by atoms with Crippen LogP contribution in [0.5, 0.6) is 0 Å². The average Bonchev–Trinajstić information content (AvgIpc) is 2.22. The van der Waals surface area contributed by atoms with Gasteiger partial charge in [-0.05, 0) is 26.2 Å². The Morgan fingerprint density at radius 2 is 2.12 bits per heavy atom. The molecule has 1 heterocycles. The molecular weight excluding hydrogens is 277 g/mol. The highest BCUT2D eigenvalue weighted by Crippen LogP contribution is 2.39. The fraction of sp³-hybridized carbons (Fsp3) is 0.417. The van der Waals surface area contributed by atoms with Crippen molar-refractivity contribution in [3.63, 3.8) is 0 Å². The number of carbonyl (C=O) groups excluding carboxylic acids is 1. The van der Waals surface area contributed by atoms with Crippen molar-refractivity contribution in [2.45, 2.75) is 4.90 Å². The van der Waals surface area contributed by atoms with Crippen molar-refractivity contribution in [2.24, 2.45) is 5.92 Å². The van der Waals surface area contributed by atoms with Crippen LogP contribution in [0.25, 0.3) is 0 Å². The molecule has 0 saturated heterocycles. The highest BCUT2D eigenvalue weighted by atomic mass is 35.5. The summed E-state index contributed by atoms with van der Waals surface area (Å²) in [4.78, 5) is 15.2. The van der Waals surface area contributed by atoms with Gasteiger partial charge in [0.25, 0.3) is 0 Å². The van der Waals surface area contributed by atoms with E-state index >= 15 is 0 Å². The molecule has 0 N–H and O–H groups in total. The van der Waals surface area contributed by atoms with Crippen LogP contribution in [0.4, 0.5) is 0 Å². The Morgan fingerprint density at radius 3 is 2.76 bits per heavy atom. The Bertz CT molecular complexity index is 462. The van der Waals surface area contributed by atoms with Gasteiger partial charge in [0.15, 0.2) is 5.78 Å². The molecule has 92 valence electrons. The first-order valence-corrected chi connectivity index (χ1v) is 7.04. The monoisotopic (exact) mass is 289 g/mol. The van der Waals surface area contributed by atoms with E-state index in [1.807, 2.05) is 19.0 Å². The smallest absolute Gasteiger partial charge is 0.169 e. The van der Waals surface area contributed by atoms with E-state index in [9.17, 15) is 4.79 Å². The lowest BCUT2D eigenvalue weighted by molar-refractivity contribution is 0.0907. The number of halogens is 2. The molecule has 0 amide bonds. The molecule has 2 rings (SSSR count). The molecule has 0 bridgehead atoms. The average molecular weight is 290 g/mol. The number of carbonyl (C=O) groups is 1. The van der Waals surface area contributed by atoms with Crippen LogP contribution in [0.15, 0.2) is 17.0 Å². The Balaban J connectivity index is 2.35. The van der Waals surface area contributed by atoms with E-state index < -0.39 is 0 Å². The molecule has 0 spiro atoms. The number of Topliss-reactive ketones (excluding diaryl/α,β-unsaturated/α-hetero) is 1. The minimum Gasteiger partial charge on any atom is -0.309 e. The van der Waals surface area contributed by atoms with Gasteiger partial charge in [0.2, 0.25) is 0 Å². The highest BCUT2D eigenvalue weighted by molar-refractivity contribution is 7.99. The molecular formula is C12H13Cl2NOS. The topological polar surface area (TPSA) is 20.3 Å². The maximum absolute atomic E-state index is 12.3. The van der Waals surface area contributed by atoms with E-state index in [0.717, 1.165) is 17.2 Å². The Morgan fingerprint density at radius 1 is 1.41 bits per heavy atom. The lowest BCUT2D eigenvalue weighted by Gasteiger charge is -2.25. The minimum absolute atomic E-state index is 0.0250. The summed E-state index contributed by atoms with van der Waals surface area (Å²) in [6.45, 7) is 0.759. The van der Waals surface area contributed by atoms with Gasteiger partial charge in [-0.1, -0.05) is 23.2 Å². The van der Waals surface area contributed by atoms with Gasteiger partial charge in [-0.3, -0.25) is 4.79 Å². The second kappa shape index (κ2) is 5.19. The third-order valence-electron chi connectivity index (χ3n) is 2.66. The molecule has 0 saturated carbocycles. The molecule has 0 fully saturated rings. The second-order valence-electron chi connectivity index (χ2n) is 4.40. The number of thioether (sulfide) groups is 1. The van der Waals surface area contributed by atoms with Gasteiger partial charge >= 0.3 is 0 Å². The van der Waals surface area contributed by atoms with Crippen molar-refractivity contribution in [3.8, 4) is 0 Å². The summed E-state index contributed by atoms with van der Waals surface area (Å²) < 4.78 is 0. The lowest BCUT2D eigenvalue weighted by atomic mass is 9.98. The van der Waals surface area contributed by atoms with Gasteiger partial charge in [-0.15, -0.1) is 11.8 Å². The third kappa shape index (κ3) is 2.79. The third-order valence-corrected chi connectivity index (χ3v) is 4.58. The van der Waals surface area contributed by atoms with Gasteiger partial charge in [-0.2, -0.15) is 0 Å². The Kier molecular flexibility index (Phi) is 4.03. The maximum atomic E-state index is 12.3. The number of rotatable bonds is 2. The molecule has 1 unspecified atom stereocenters. The van der Waals surface area contributed by atoms with E-state index in [1.54, 1.807) is 23.9 Å². The number of benzene rings is 1. The van der Waals surface area contributed by atoms with Gasteiger partial charge < -0.3 is 4.90 Å². The quantitative estimate of drug-likeness (QED) is 0.832. The van der Waals surface area contributed by atoms with Crippen LogP contribution >= 0.6 is 35.0 Å².